The lowest BCUT2D eigenvalue weighted by molar-refractivity contribution is -0.125. The van der Waals surface area contributed by atoms with Crippen LogP contribution in [0.3, 0.4) is 0 Å². The number of amides is 2. The number of imidazole rings is 1. The Kier molecular flexibility index (Phi) is 8.91. The molecule has 0 fully saturated rings. The van der Waals surface area contributed by atoms with E-state index in [9.17, 15) is 9.59 Å². The third-order valence-corrected chi connectivity index (χ3v) is 4.49. The van der Waals surface area contributed by atoms with Gasteiger partial charge in [-0.1, -0.05) is 25.8 Å². The molecule has 0 radical (unpaired) electrons. The van der Waals surface area contributed by atoms with Gasteiger partial charge in [0.05, 0.1) is 6.33 Å². The summed E-state index contributed by atoms with van der Waals surface area (Å²) in [5.41, 5.74) is 0.538. The van der Waals surface area contributed by atoms with E-state index >= 15 is 0 Å². The Morgan fingerprint density at radius 2 is 2.04 bits per heavy atom. The minimum atomic E-state index is -0.511. The first kappa shape index (κ1) is 21.3. The standard InChI is InChI=1S/C21H29N5O2/c1-3-5-7-19(20(27)24-10-4-2)26(15-6-14-25-16-13-23-17-25)21(28)18-8-11-22-12-9-18/h4,8-9,11-13,16-17,19H,2-3,5-7,10,14-15H2,1H3,(H,24,27). The summed E-state index contributed by atoms with van der Waals surface area (Å²) in [5.74, 6) is -0.290. The van der Waals surface area contributed by atoms with Gasteiger partial charge in [0.15, 0.2) is 0 Å². The van der Waals surface area contributed by atoms with Crippen LogP contribution in [0, 0.1) is 0 Å². The number of aromatic nitrogens is 3. The molecule has 0 saturated heterocycles. The number of pyridine rings is 1. The molecule has 2 aromatic heterocycles. The molecule has 0 aromatic carbocycles. The molecule has 28 heavy (non-hydrogen) atoms. The highest BCUT2D eigenvalue weighted by atomic mass is 16.2. The normalized spacial score (nSPS) is 11.6. The van der Waals surface area contributed by atoms with Gasteiger partial charge >= 0.3 is 0 Å². The van der Waals surface area contributed by atoms with Crippen molar-refractivity contribution in [2.75, 3.05) is 13.1 Å². The van der Waals surface area contributed by atoms with Crippen LogP contribution in [0.25, 0.3) is 0 Å². The number of nitrogens with zero attached hydrogens (tertiary/aromatic N) is 4. The Labute approximate surface area is 166 Å². The average molecular weight is 383 g/mol. The minimum absolute atomic E-state index is 0.140. The monoisotopic (exact) mass is 383 g/mol. The molecule has 2 heterocycles. The summed E-state index contributed by atoms with van der Waals surface area (Å²) < 4.78 is 1.97. The molecule has 2 amide bonds. The molecule has 2 aromatic rings. The Hall–Kier alpha value is -2.96. The highest BCUT2D eigenvalue weighted by Crippen LogP contribution is 2.15. The molecule has 0 aliphatic rings. The molecular weight excluding hydrogens is 354 g/mol. The van der Waals surface area contributed by atoms with Crippen molar-refractivity contribution in [2.24, 2.45) is 0 Å². The molecule has 1 atom stereocenters. The molecule has 1 unspecified atom stereocenters. The molecule has 1 N–H and O–H groups in total. The lowest BCUT2D eigenvalue weighted by Crippen LogP contribution is -2.50. The predicted octanol–water partition coefficient (Wildman–Crippen LogP) is 2.67. The number of aryl methyl sites for hydroxylation is 1. The van der Waals surface area contributed by atoms with Gasteiger partial charge in [0, 0.05) is 50.0 Å². The topological polar surface area (TPSA) is 80.1 Å². The zero-order valence-electron chi connectivity index (χ0n) is 16.5. The summed E-state index contributed by atoms with van der Waals surface area (Å²) in [6.07, 6.45) is 13.4. The molecule has 0 spiro atoms. The molecule has 0 aliphatic heterocycles. The SMILES string of the molecule is C=CCNC(=O)C(CCCC)N(CCCn1ccnc1)C(=O)c1ccncc1. The fraction of sp³-hybridized carbons (Fsp3) is 0.429. The number of hydrogen-bond donors (Lipinski definition) is 1. The summed E-state index contributed by atoms with van der Waals surface area (Å²) in [7, 11) is 0. The van der Waals surface area contributed by atoms with E-state index in [0.29, 0.717) is 25.1 Å². The second kappa shape index (κ2) is 11.7. The van der Waals surface area contributed by atoms with Gasteiger partial charge in [-0.05, 0) is 25.0 Å². The van der Waals surface area contributed by atoms with Crippen LogP contribution in [-0.4, -0.2) is 50.4 Å². The molecule has 2 rings (SSSR count). The van der Waals surface area contributed by atoms with Crippen molar-refractivity contribution in [3.05, 3.63) is 61.5 Å². The number of carbonyl (C=O) groups is 2. The van der Waals surface area contributed by atoms with Gasteiger partial charge in [-0.25, -0.2) is 4.98 Å². The second-order valence-corrected chi connectivity index (χ2v) is 6.58. The van der Waals surface area contributed by atoms with Crippen molar-refractivity contribution in [3.63, 3.8) is 0 Å². The van der Waals surface area contributed by atoms with Crippen LogP contribution in [0.5, 0.6) is 0 Å². The number of nitrogens with one attached hydrogen (secondary N) is 1. The summed E-state index contributed by atoms with van der Waals surface area (Å²) in [5, 5.41) is 2.85. The Morgan fingerprint density at radius 3 is 2.68 bits per heavy atom. The smallest absolute Gasteiger partial charge is 0.254 e. The van der Waals surface area contributed by atoms with E-state index in [4.69, 9.17) is 0 Å². The Bertz CT molecular complexity index is 731. The lowest BCUT2D eigenvalue weighted by atomic mass is 10.1. The maximum Gasteiger partial charge on any atom is 0.254 e. The Balaban J connectivity index is 2.19. The number of unbranched alkanes of at least 4 members (excludes halogenated alkanes) is 1. The van der Waals surface area contributed by atoms with Gasteiger partial charge < -0.3 is 14.8 Å². The number of hydrogen-bond acceptors (Lipinski definition) is 4. The first-order chi connectivity index (χ1) is 13.7. The van der Waals surface area contributed by atoms with Crippen molar-refractivity contribution in [1.29, 1.82) is 0 Å². The van der Waals surface area contributed by atoms with Crippen LogP contribution in [0.2, 0.25) is 0 Å². The van der Waals surface area contributed by atoms with Gasteiger partial charge in [0.2, 0.25) is 5.91 Å². The van der Waals surface area contributed by atoms with Crippen molar-refractivity contribution in [2.45, 2.75) is 45.2 Å². The summed E-state index contributed by atoms with van der Waals surface area (Å²) in [6, 6.07) is 2.86. The quantitative estimate of drug-likeness (QED) is 0.572. The van der Waals surface area contributed by atoms with Gasteiger partial charge in [-0.2, -0.15) is 0 Å². The molecule has 0 bridgehead atoms. The summed E-state index contributed by atoms with van der Waals surface area (Å²) in [6.45, 7) is 7.32. The van der Waals surface area contributed by atoms with Gasteiger partial charge in [-0.15, -0.1) is 6.58 Å². The Morgan fingerprint density at radius 1 is 1.25 bits per heavy atom. The van der Waals surface area contributed by atoms with Gasteiger partial charge in [-0.3, -0.25) is 14.6 Å². The molecule has 0 aliphatic carbocycles. The molecular formula is C21H29N5O2. The van der Waals surface area contributed by atoms with Crippen LogP contribution < -0.4 is 5.32 Å². The predicted molar refractivity (Wildman–Crippen MR) is 109 cm³/mol. The summed E-state index contributed by atoms with van der Waals surface area (Å²) >= 11 is 0. The van der Waals surface area contributed by atoms with Crippen molar-refractivity contribution < 1.29 is 9.59 Å². The number of carbonyl (C=O) groups excluding carboxylic acids is 2. The van der Waals surface area contributed by atoms with E-state index in [0.717, 1.165) is 25.8 Å². The van der Waals surface area contributed by atoms with E-state index in [1.807, 2.05) is 10.8 Å². The van der Waals surface area contributed by atoms with E-state index in [1.54, 1.807) is 48.0 Å². The fourth-order valence-corrected chi connectivity index (χ4v) is 3.02. The second-order valence-electron chi connectivity index (χ2n) is 6.58. The average Bonchev–Trinajstić information content (AvgIpc) is 3.24. The van der Waals surface area contributed by atoms with Crippen LogP contribution in [0.4, 0.5) is 0 Å². The van der Waals surface area contributed by atoms with Gasteiger partial charge in [0.1, 0.15) is 6.04 Å². The van der Waals surface area contributed by atoms with E-state index in [1.165, 1.54) is 0 Å². The zero-order valence-corrected chi connectivity index (χ0v) is 16.5. The van der Waals surface area contributed by atoms with Crippen LogP contribution in [-0.2, 0) is 11.3 Å². The molecule has 150 valence electrons. The van der Waals surface area contributed by atoms with Crippen molar-refractivity contribution >= 4 is 11.8 Å². The van der Waals surface area contributed by atoms with E-state index in [-0.39, 0.29) is 11.8 Å². The van der Waals surface area contributed by atoms with Crippen molar-refractivity contribution in [3.8, 4) is 0 Å². The highest BCUT2D eigenvalue weighted by Gasteiger charge is 2.29. The molecule has 0 saturated carbocycles. The van der Waals surface area contributed by atoms with Crippen LogP contribution >= 0.6 is 0 Å². The van der Waals surface area contributed by atoms with Crippen LogP contribution in [0.15, 0.2) is 55.9 Å². The van der Waals surface area contributed by atoms with Gasteiger partial charge in [0.25, 0.3) is 5.91 Å². The van der Waals surface area contributed by atoms with Crippen molar-refractivity contribution in [1.82, 2.24) is 24.8 Å². The molecule has 7 heteroatoms. The third kappa shape index (κ3) is 6.33. The minimum Gasteiger partial charge on any atom is -0.351 e. The lowest BCUT2D eigenvalue weighted by Gasteiger charge is -2.31. The maximum absolute atomic E-state index is 13.2. The largest absolute Gasteiger partial charge is 0.351 e. The highest BCUT2D eigenvalue weighted by molar-refractivity contribution is 5.97. The first-order valence-corrected chi connectivity index (χ1v) is 9.72. The van der Waals surface area contributed by atoms with Crippen LogP contribution in [0.1, 0.15) is 43.0 Å². The molecule has 7 nitrogen and oxygen atoms in total. The van der Waals surface area contributed by atoms with E-state index in [2.05, 4.69) is 28.8 Å². The zero-order chi connectivity index (χ0) is 20.2. The maximum atomic E-state index is 13.2. The summed E-state index contributed by atoms with van der Waals surface area (Å²) in [4.78, 5) is 35.7. The first-order valence-electron chi connectivity index (χ1n) is 9.72. The third-order valence-electron chi connectivity index (χ3n) is 4.49. The van der Waals surface area contributed by atoms with E-state index < -0.39 is 6.04 Å². The fourth-order valence-electron chi connectivity index (χ4n) is 3.02. The number of rotatable bonds is 12.